The lowest BCUT2D eigenvalue weighted by molar-refractivity contribution is -0.134. The molecular formula is C16H22N2O3S. The van der Waals surface area contributed by atoms with Gasteiger partial charge in [-0.1, -0.05) is 0 Å². The van der Waals surface area contributed by atoms with E-state index >= 15 is 0 Å². The van der Waals surface area contributed by atoms with E-state index in [1.807, 2.05) is 11.8 Å². The second-order valence-electron chi connectivity index (χ2n) is 6.18. The minimum atomic E-state index is -0.260. The van der Waals surface area contributed by atoms with Gasteiger partial charge >= 0.3 is 0 Å². The van der Waals surface area contributed by atoms with Crippen LogP contribution in [-0.4, -0.2) is 58.3 Å². The summed E-state index contributed by atoms with van der Waals surface area (Å²) in [5.41, 5.74) is 0. The molecule has 3 heterocycles. The van der Waals surface area contributed by atoms with Crippen LogP contribution in [0.25, 0.3) is 0 Å². The van der Waals surface area contributed by atoms with Crippen LogP contribution in [0.3, 0.4) is 0 Å². The highest BCUT2D eigenvalue weighted by atomic mass is 32.2. The Morgan fingerprint density at radius 3 is 2.41 bits per heavy atom. The molecule has 0 radical (unpaired) electrons. The first kappa shape index (κ1) is 15.5. The highest BCUT2D eigenvalue weighted by Crippen LogP contribution is 2.39. The Morgan fingerprint density at radius 2 is 1.86 bits per heavy atom. The van der Waals surface area contributed by atoms with Crippen molar-refractivity contribution in [2.75, 3.05) is 31.9 Å². The Balaban J connectivity index is 1.58. The Kier molecular flexibility index (Phi) is 4.21. The first-order chi connectivity index (χ1) is 10.5. The van der Waals surface area contributed by atoms with Gasteiger partial charge in [0.2, 0.25) is 5.91 Å². The fraction of sp³-hybridized carbons (Fsp3) is 0.625. The summed E-state index contributed by atoms with van der Waals surface area (Å²) in [7, 11) is 0. The average molecular weight is 322 g/mol. The van der Waals surface area contributed by atoms with E-state index in [4.69, 9.17) is 4.42 Å². The summed E-state index contributed by atoms with van der Waals surface area (Å²) in [5.74, 6) is 2.34. The van der Waals surface area contributed by atoms with Crippen molar-refractivity contribution in [1.82, 2.24) is 9.80 Å². The molecule has 0 bridgehead atoms. The second kappa shape index (κ2) is 5.99. The molecule has 0 N–H and O–H groups in total. The molecule has 5 nitrogen and oxygen atoms in total. The minimum absolute atomic E-state index is 0.0818. The number of amides is 2. The van der Waals surface area contributed by atoms with E-state index in [1.54, 1.807) is 28.8 Å². The zero-order valence-corrected chi connectivity index (χ0v) is 13.9. The summed E-state index contributed by atoms with van der Waals surface area (Å²) in [6, 6.07) is 3.51. The van der Waals surface area contributed by atoms with Crippen molar-refractivity contribution in [2.24, 2.45) is 0 Å². The van der Waals surface area contributed by atoms with E-state index in [2.05, 4.69) is 6.92 Å². The van der Waals surface area contributed by atoms with Crippen LogP contribution in [-0.2, 0) is 4.79 Å². The number of carbonyl (C=O) groups is 2. The Bertz CT molecular complexity index is 570. The molecule has 2 aliphatic rings. The van der Waals surface area contributed by atoms with E-state index < -0.39 is 0 Å². The number of nitrogens with zero attached hydrogens (tertiary/aromatic N) is 2. The van der Waals surface area contributed by atoms with Gasteiger partial charge in [0.05, 0.1) is 4.75 Å². The molecule has 3 rings (SSSR count). The van der Waals surface area contributed by atoms with Gasteiger partial charge in [-0.15, -0.1) is 11.8 Å². The molecule has 2 fully saturated rings. The standard InChI is InChI=1S/C16H22N2O3S/c1-12-4-5-13(21-12)14(19)17-7-9-18(10-8-17)15(20)16(2)6-3-11-22-16/h4-5H,3,6-11H2,1-2H3/t16-/m1/s1. The molecule has 1 aromatic rings. The Morgan fingerprint density at radius 1 is 1.18 bits per heavy atom. The number of carbonyl (C=O) groups excluding carboxylic acids is 2. The number of thioether (sulfide) groups is 1. The number of rotatable bonds is 2. The van der Waals surface area contributed by atoms with Crippen LogP contribution in [0, 0.1) is 6.92 Å². The Labute approximate surface area is 135 Å². The third-order valence-electron chi connectivity index (χ3n) is 4.48. The van der Waals surface area contributed by atoms with E-state index in [0.717, 1.165) is 24.4 Å². The van der Waals surface area contributed by atoms with E-state index in [9.17, 15) is 9.59 Å². The van der Waals surface area contributed by atoms with Crippen LogP contribution in [0.4, 0.5) is 0 Å². The summed E-state index contributed by atoms with van der Waals surface area (Å²) in [6.45, 7) is 6.25. The van der Waals surface area contributed by atoms with Crippen LogP contribution in [0.5, 0.6) is 0 Å². The zero-order valence-electron chi connectivity index (χ0n) is 13.1. The predicted octanol–water partition coefficient (Wildman–Crippen LogP) is 2.16. The van der Waals surface area contributed by atoms with Gasteiger partial charge in [0.15, 0.2) is 5.76 Å². The molecule has 0 aromatic carbocycles. The summed E-state index contributed by atoms with van der Waals surface area (Å²) in [5, 5.41) is 0. The van der Waals surface area contributed by atoms with Crippen molar-refractivity contribution in [3.8, 4) is 0 Å². The lowest BCUT2D eigenvalue weighted by Gasteiger charge is -2.38. The number of piperazine rings is 1. The quantitative estimate of drug-likeness (QED) is 0.837. The largest absolute Gasteiger partial charge is 0.456 e. The molecule has 0 aliphatic carbocycles. The van der Waals surface area contributed by atoms with Crippen molar-refractivity contribution in [3.63, 3.8) is 0 Å². The number of hydrogen-bond acceptors (Lipinski definition) is 4. The molecule has 6 heteroatoms. The van der Waals surface area contributed by atoms with Gasteiger partial charge in [-0.2, -0.15) is 0 Å². The third kappa shape index (κ3) is 2.89. The van der Waals surface area contributed by atoms with Gasteiger partial charge in [-0.3, -0.25) is 9.59 Å². The zero-order chi connectivity index (χ0) is 15.7. The van der Waals surface area contributed by atoms with Crippen LogP contribution < -0.4 is 0 Å². The topological polar surface area (TPSA) is 53.8 Å². The number of furan rings is 1. The Hall–Kier alpha value is -1.43. The highest BCUT2D eigenvalue weighted by Gasteiger charge is 2.41. The van der Waals surface area contributed by atoms with Crippen LogP contribution in [0.1, 0.15) is 36.1 Å². The lowest BCUT2D eigenvalue weighted by Crippen LogP contribution is -2.54. The summed E-state index contributed by atoms with van der Waals surface area (Å²) < 4.78 is 5.14. The summed E-state index contributed by atoms with van der Waals surface area (Å²) in [4.78, 5) is 28.7. The summed E-state index contributed by atoms with van der Waals surface area (Å²) in [6.07, 6.45) is 2.07. The maximum absolute atomic E-state index is 12.7. The van der Waals surface area contributed by atoms with Crippen molar-refractivity contribution < 1.29 is 14.0 Å². The predicted molar refractivity (Wildman–Crippen MR) is 86.0 cm³/mol. The van der Waals surface area contributed by atoms with Crippen molar-refractivity contribution in [3.05, 3.63) is 23.7 Å². The average Bonchev–Trinajstić information content (AvgIpc) is 3.15. The molecule has 0 spiro atoms. The molecule has 2 aliphatic heterocycles. The van der Waals surface area contributed by atoms with Gasteiger partial charge in [0.25, 0.3) is 5.91 Å². The fourth-order valence-electron chi connectivity index (χ4n) is 3.10. The number of aryl methyl sites for hydroxylation is 1. The van der Waals surface area contributed by atoms with Gasteiger partial charge in [-0.25, -0.2) is 0 Å². The molecule has 0 unspecified atom stereocenters. The first-order valence-electron chi connectivity index (χ1n) is 7.79. The van der Waals surface area contributed by atoms with Crippen LogP contribution >= 0.6 is 11.8 Å². The molecule has 120 valence electrons. The van der Waals surface area contributed by atoms with Gasteiger partial charge in [-0.05, 0) is 44.6 Å². The maximum Gasteiger partial charge on any atom is 0.289 e. The van der Waals surface area contributed by atoms with Crippen LogP contribution in [0.15, 0.2) is 16.5 Å². The van der Waals surface area contributed by atoms with Gasteiger partial charge in [0, 0.05) is 26.2 Å². The van der Waals surface area contributed by atoms with Crippen molar-refractivity contribution in [2.45, 2.75) is 31.4 Å². The van der Waals surface area contributed by atoms with E-state index in [0.29, 0.717) is 31.9 Å². The first-order valence-corrected chi connectivity index (χ1v) is 8.77. The minimum Gasteiger partial charge on any atom is -0.456 e. The van der Waals surface area contributed by atoms with Crippen molar-refractivity contribution >= 4 is 23.6 Å². The highest BCUT2D eigenvalue weighted by molar-refractivity contribution is 8.01. The number of hydrogen-bond donors (Lipinski definition) is 0. The molecule has 1 aromatic heterocycles. The SMILES string of the molecule is Cc1ccc(C(=O)N2CCN(C(=O)[C@@]3(C)CCCS3)CC2)o1. The maximum atomic E-state index is 12.7. The third-order valence-corrected chi connectivity index (χ3v) is 5.99. The van der Waals surface area contributed by atoms with E-state index in [-0.39, 0.29) is 16.6 Å². The normalized spacial score (nSPS) is 25.5. The molecule has 22 heavy (non-hydrogen) atoms. The smallest absolute Gasteiger partial charge is 0.289 e. The second-order valence-corrected chi connectivity index (χ2v) is 7.78. The van der Waals surface area contributed by atoms with Gasteiger partial charge in [0.1, 0.15) is 5.76 Å². The van der Waals surface area contributed by atoms with Gasteiger partial charge < -0.3 is 14.2 Å². The molecule has 2 amide bonds. The van der Waals surface area contributed by atoms with Crippen molar-refractivity contribution in [1.29, 1.82) is 0 Å². The molecule has 1 atom stereocenters. The lowest BCUT2D eigenvalue weighted by atomic mass is 10.0. The monoisotopic (exact) mass is 322 g/mol. The van der Waals surface area contributed by atoms with Crippen LogP contribution in [0.2, 0.25) is 0 Å². The fourth-order valence-corrected chi connectivity index (χ4v) is 4.38. The molecule has 0 saturated carbocycles. The molecule has 2 saturated heterocycles. The van der Waals surface area contributed by atoms with E-state index in [1.165, 1.54) is 0 Å². The molecular weight excluding hydrogens is 300 g/mol. The summed E-state index contributed by atoms with van der Waals surface area (Å²) >= 11 is 1.77.